The van der Waals surface area contributed by atoms with Crippen molar-refractivity contribution < 1.29 is 24.9 Å². The number of rotatable bonds is 15. The Bertz CT molecular complexity index is 517. The van der Waals surface area contributed by atoms with E-state index in [0.717, 1.165) is 12.8 Å². The summed E-state index contributed by atoms with van der Waals surface area (Å²) < 4.78 is 0. The van der Waals surface area contributed by atoms with Crippen molar-refractivity contribution in [2.75, 3.05) is 0 Å². The highest BCUT2D eigenvalue weighted by Crippen LogP contribution is 2.24. The third-order valence-corrected chi connectivity index (χ3v) is 4.42. The van der Waals surface area contributed by atoms with Crippen LogP contribution in [-0.2, 0) is 9.59 Å². The number of allylic oxidation sites excluding steroid dienone is 5. The highest BCUT2D eigenvalue weighted by molar-refractivity contribution is 5.90. The molecule has 0 saturated carbocycles. The van der Waals surface area contributed by atoms with Gasteiger partial charge in [-0.3, -0.25) is 9.59 Å². The van der Waals surface area contributed by atoms with Crippen LogP contribution < -0.4 is 0 Å². The first-order chi connectivity index (χ1) is 12.7. The van der Waals surface area contributed by atoms with E-state index in [2.05, 4.69) is 19.1 Å². The van der Waals surface area contributed by atoms with E-state index in [1.807, 2.05) is 6.08 Å². The molecular formula is C22H36O5. The smallest absolute Gasteiger partial charge is 0.309 e. The van der Waals surface area contributed by atoms with E-state index in [0.29, 0.717) is 0 Å². The Morgan fingerprint density at radius 1 is 1.04 bits per heavy atom. The molecule has 2 unspecified atom stereocenters. The molecule has 0 aromatic carbocycles. The standard InChI is InChI=1S/C22H36O5/c1-4-5-6-7-8-9-10-11-12-13-18(23)14-15-19(24)20(25)16-17-22(2,3)21(26)27/h8-9,11-12,14-15,19-20,24-25H,4-7,10,13,16-17H2,1-3H3,(H,26,27)/b9-8-,12-11-,15-14+. The van der Waals surface area contributed by atoms with Gasteiger partial charge < -0.3 is 15.3 Å². The van der Waals surface area contributed by atoms with Gasteiger partial charge in [-0.1, -0.05) is 50.1 Å². The molecule has 0 bridgehead atoms. The molecule has 2 atom stereocenters. The van der Waals surface area contributed by atoms with Gasteiger partial charge in [0.1, 0.15) is 0 Å². The summed E-state index contributed by atoms with van der Waals surface area (Å²) in [5.74, 6) is -1.10. The van der Waals surface area contributed by atoms with Crippen molar-refractivity contribution in [3.05, 3.63) is 36.5 Å². The lowest BCUT2D eigenvalue weighted by molar-refractivity contribution is -0.147. The average Bonchev–Trinajstić information content (AvgIpc) is 2.62. The number of aliphatic carboxylic acids is 1. The summed E-state index contributed by atoms with van der Waals surface area (Å²) in [5.41, 5.74) is -0.963. The highest BCUT2D eigenvalue weighted by atomic mass is 16.4. The molecule has 3 N–H and O–H groups in total. The zero-order valence-corrected chi connectivity index (χ0v) is 16.9. The van der Waals surface area contributed by atoms with Crippen LogP contribution in [-0.4, -0.2) is 39.3 Å². The number of hydrogen-bond donors (Lipinski definition) is 3. The number of carbonyl (C=O) groups excluding carboxylic acids is 1. The lowest BCUT2D eigenvalue weighted by Gasteiger charge is -2.22. The first-order valence-corrected chi connectivity index (χ1v) is 9.81. The first-order valence-electron chi connectivity index (χ1n) is 9.81. The van der Waals surface area contributed by atoms with E-state index in [9.17, 15) is 19.8 Å². The number of aliphatic hydroxyl groups excluding tert-OH is 2. The molecule has 0 aromatic rings. The van der Waals surface area contributed by atoms with Gasteiger partial charge in [-0.25, -0.2) is 0 Å². The monoisotopic (exact) mass is 380 g/mol. The zero-order chi connectivity index (χ0) is 20.7. The van der Waals surface area contributed by atoms with E-state index in [1.54, 1.807) is 19.9 Å². The SMILES string of the molecule is CCCCC/C=C\C/C=C\CC(=O)/C=C/C(O)C(O)CCC(C)(C)C(=O)O. The Labute approximate surface area is 163 Å². The van der Waals surface area contributed by atoms with Crippen molar-refractivity contribution in [2.45, 2.75) is 84.3 Å². The second-order valence-corrected chi connectivity index (χ2v) is 7.49. The molecule has 0 amide bonds. The molecule has 5 heteroatoms. The van der Waals surface area contributed by atoms with Crippen molar-refractivity contribution in [1.82, 2.24) is 0 Å². The van der Waals surface area contributed by atoms with Crippen molar-refractivity contribution in [1.29, 1.82) is 0 Å². The molecule has 0 aliphatic carbocycles. The second-order valence-electron chi connectivity index (χ2n) is 7.49. The largest absolute Gasteiger partial charge is 0.481 e. The van der Waals surface area contributed by atoms with Gasteiger partial charge in [0, 0.05) is 6.42 Å². The summed E-state index contributed by atoms with van der Waals surface area (Å²) >= 11 is 0. The van der Waals surface area contributed by atoms with E-state index in [-0.39, 0.29) is 25.0 Å². The molecule has 154 valence electrons. The minimum absolute atomic E-state index is 0.142. The van der Waals surface area contributed by atoms with Crippen LogP contribution in [0.4, 0.5) is 0 Å². The zero-order valence-electron chi connectivity index (χ0n) is 16.9. The van der Waals surface area contributed by atoms with Crippen LogP contribution >= 0.6 is 0 Å². The van der Waals surface area contributed by atoms with Crippen molar-refractivity contribution in [3.63, 3.8) is 0 Å². The van der Waals surface area contributed by atoms with Gasteiger partial charge >= 0.3 is 5.97 Å². The Kier molecular flexibility index (Phi) is 13.4. The molecule has 0 aliphatic rings. The molecule has 0 spiro atoms. The minimum atomic E-state index is -1.19. The maximum Gasteiger partial charge on any atom is 0.309 e. The Hall–Kier alpha value is -1.72. The molecule has 0 aromatic heterocycles. The van der Waals surface area contributed by atoms with E-state index in [1.165, 1.54) is 31.4 Å². The summed E-state index contributed by atoms with van der Waals surface area (Å²) in [6.07, 6.45) is 14.4. The van der Waals surface area contributed by atoms with Crippen LogP contribution in [0.25, 0.3) is 0 Å². The van der Waals surface area contributed by atoms with Gasteiger partial charge in [0.2, 0.25) is 0 Å². The predicted octanol–water partition coefficient (Wildman–Crippen LogP) is 4.20. The normalized spacial score (nSPS) is 15.0. The number of carboxylic acids is 1. The van der Waals surface area contributed by atoms with Crippen molar-refractivity contribution >= 4 is 11.8 Å². The Morgan fingerprint density at radius 2 is 1.70 bits per heavy atom. The van der Waals surface area contributed by atoms with Crippen LogP contribution in [0, 0.1) is 5.41 Å². The summed E-state index contributed by atoms with van der Waals surface area (Å²) in [6.45, 7) is 5.32. The Balaban J connectivity index is 4.09. The first kappa shape index (κ1) is 25.3. The molecule has 27 heavy (non-hydrogen) atoms. The molecule has 0 heterocycles. The topological polar surface area (TPSA) is 94.8 Å². The van der Waals surface area contributed by atoms with Crippen LogP contribution in [0.15, 0.2) is 36.5 Å². The number of hydrogen-bond acceptors (Lipinski definition) is 4. The lowest BCUT2D eigenvalue weighted by Crippen LogP contribution is -2.29. The Morgan fingerprint density at radius 3 is 2.33 bits per heavy atom. The van der Waals surface area contributed by atoms with Crippen LogP contribution in [0.1, 0.15) is 72.1 Å². The number of carboxylic acid groups (broad SMARTS) is 1. The number of unbranched alkanes of at least 4 members (excludes halogenated alkanes) is 3. The van der Waals surface area contributed by atoms with Crippen LogP contribution in [0.5, 0.6) is 0 Å². The second kappa shape index (κ2) is 14.4. The molecular weight excluding hydrogens is 344 g/mol. The third kappa shape index (κ3) is 13.1. The van der Waals surface area contributed by atoms with E-state index in [4.69, 9.17) is 5.11 Å². The number of carbonyl (C=O) groups is 2. The predicted molar refractivity (Wildman–Crippen MR) is 108 cm³/mol. The average molecular weight is 381 g/mol. The quantitative estimate of drug-likeness (QED) is 0.225. The van der Waals surface area contributed by atoms with Gasteiger partial charge in [0.05, 0.1) is 17.6 Å². The minimum Gasteiger partial charge on any atom is -0.481 e. The number of ketones is 1. The van der Waals surface area contributed by atoms with Gasteiger partial charge in [-0.2, -0.15) is 0 Å². The summed E-state index contributed by atoms with van der Waals surface area (Å²) in [6, 6.07) is 0. The fraction of sp³-hybridized carbons (Fsp3) is 0.636. The summed E-state index contributed by atoms with van der Waals surface area (Å²) in [7, 11) is 0. The maximum atomic E-state index is 11.8. The van der Waals surface area contributed by atoms with Gasteiger partial charge in [0.15, 0.2) is 5.78 Å². The summed E-state index contributed by atoms with van der Waals surface area (Å²) in [4.78, 5) is 22.8. The van der Waals surface area contributed by atoms with Gasteiger partial charge in [0.25, 0.3) is 0 Å². The molecule has 5 nitrogen and oxygen atoms in total. The van der Waals surface area contributed by atoms with Gasteiger partial charge in [-0.15, -0.1) is 0 Å². The van der Waals surface area contributed by atoms with E-state index < -0.39 is 23.6 Å². The lowest BCUT2D eigenvalue weighted by atomic mass is 9.86. The number of aliphatic hydroxyl groups is 2. The van der Waals surface area contributed by atoms with Crippen molar-refractivity contribution in [3.8, 4) is 0 Å². The maximum absolute atomic E-state index is 11.8. The molecule has 0 radical (unpaired) electrons. The molecule has 0 fully saturated rings. The third-order valence-electron chi connectivity index (χ3n) is 4.42. The van der Waals surface area contributed by atoms with E-state index >= 15 is 0 Å². The van der Waals surface area contributed by atoms with Crippen molar-refractivity contribution in [2.24, 2.45) is 5.41 Å². The van der Waals surface area contributed by atoms with Gasteiger partial charge in [-0.05, 0) is 52.0 Å². The van der Waals surface area contributed by atoms with Crippen LogP contribution in [0.3, 0.4) is 0 Å². The fourth-order valence-electron chi connectivity index (χ4n) is 2.29. The molecule has 0 aliphatic heterocycles. The van der Waals surface area contributed by atoms with Crippen LogP contribution in [0.2, 0.25) is 0 Å². The summed E-state index contributed by atoms with van der Waals surface area (Å²) in [5, 5.41) is 28.8. The molecule has 0 saturated heterocycles. The fourth-order valence-corrected chi connectivity index (χ4v) is 2.29. The molecule has 0 rings (SSSR count). The highest BCUT2D eigenvalue weighted by Gasteiger charge is 2.28.